The fraction of sp³-hybridized carbons (Fsp3) is 0.375. The highest BCUT2D eigenvalue weighted by molar-refractivity contribution is 7.86. The lowest BCUT2D eigenvalue weighted by Crippen LogP contribution is -2.54. The quantitative estimate of drug-likeness (QED) is 0.620. The molecule has 184 valence electrons. The van der Waals surface area contributed by atoms with Gasteiger partial charge in [0.2, 0.25) is 5.91 Å². The number of rotatable bonds is 5. The molecule has 10 nitrogen and oxygen atoms in total. The SMILES string of the molecule is Cc1ccc(S(=O)(=O)OC2CC(C(=O)N3CCN(c4ccccc4C#N)CC3)N(C(=O)O)C2)cc1. The van der Waals surface area contributed by atoms with Gasteiger partial charge in [-0.25, -0.2) is 4.79 Å². The number of benzene rings is 2. The number of amides is 2. The van der Waals surface area contributed by atoms with Gasteiger partial charge in [-0.2, -0.15) is 13.7 Å². The lowest BCUT2D eigenvalue weighted by molar-refractivity contribution is -0.135. The molecule has 2 aliphatic heterocycles. The summed E-state index contributed by atoms with van der Waals surface area (Å²) in [4.78, 5) is 29.6. The second-order valence-corrected chi connectivity index (χ2v) is 10.2. The predicted molar refractivity (Wildman–Crippen MR) is 126 cm³/mol. The van der Waals surface area contributed by atoms with Crippen molar-refractivity contribution in [3.05, 3.63) is 59.7 Å². The van der Waals surface area contributed by atoms with Crippen LogP contribution >= 0.6 is 0 Å². The molecule has 2 fully saturated rings. The monoisotopic (exact) mass is 498 g/mol. The van der Waals surface area contributed by atoms with Crippen molar-refractivity contribution in [2.24, 2.45) is 0 Å². The molecule has 2 aliphatic rings. The van der Waals surface area contributed by atoms with Gasteiger partial charge < -0.3 is 14.9 Å². The molecule has 0 bridgehead atoms. The zero-order chi connectivity index (χ0) is 25.2. The average molecular weight is 499 g/mol. The van der Waals surface area contributed by atoms with E-state index in [-0.39, 0.29) is 23.8 Å². The largest absolute Gasteiger partial charge is 0.465 e. The maximum Gasteiger partial charge on any atom is 0.408 e. The smallest absolute Gasteiger partial charge is 0.408 e. The third-order valence-electron chi connectivity index (χ3n) is 6.32. The molecule has 4 rings (SSSR count). The summed E-state index contributed by atoms with van der Waals surface area (Å²) < 4.78 is 30.7. The van der Waals surface area contributed by atoms with Crippen LogP contribution in [-0.4, -0.2) is 80.2 Å². The van der Waals surface area contributed by atoms with Crippen molar-refractivity contribution in [1.82, 2.24) is 9.80 Å². The summed E-state index contributed by atoms with van der Waals surface area (Å²) >= 11 is 0. The first kappa shape index (κ1) is 24.5. The first-order valence-corrected chi connectivity index (χ1v) is 12.6. The number of carboxylic acid groups (broad SMARTS) is 1. The van der Waals surface area contributed by atoms with Crippen LogP contribution in [-0.2, 0) is 19.1 Å². The van der Waals surface area contributed by atoms with E-state index in [1.807, 2.05) is 24.0 Å². The molecule has 0 aliphatic carbocycles. The predicted octanol–water partition coefficient (Wildman–Crippen LogP) is 2.04. The minimum Gasteiger partial charge on any atom is -0.465 e. The normalized spacial score (nSPS) is 20.5. The first-order valence-electron chi connectivity index (χ1n) is 11.2. The van der Waals surface area contributed by atoms with Crippen molar-refractivity contribution in [2.75, 3.05) is 37.6 Å². The molecule has 1 N–H and O–H groups in total. The van der Waals surface area contributed by atoms with Gasteiger partial charge in [0.15, 0.2) is 0 Å². The fourth-order valence-corrected chi connectivity index (χ4v) is 5.55. The van der Waals surface area contributed by atoms with Crippen molar-refractivity contribution in [3.8, 4) is 6.07 Å². The third kappa shape index (κ3) is 5.23. The highest BCUT2D eigenvalue weighted by Gasteiger charge is 2.44. The van der Waals surface area contributed by atoms with Crippen LogP contribution in [0.4, 0.5) is 10.5 Å². The number of carbonyl (C=O) groups is 2. The van der Waals surface area contributed by atoms with E-state index in [0.717, 1.165) is 16.2 Å². The van der Waals surface area contributed by atoms with Gasteiger partial charge in [0.1, 0.15) is 12.1 Å². The lowest BCUT2D eigenvalue weighted by Gasteiger charge is -2.38. The summed E-state index contributed by atoms with van der Waals surface area (Å²) in [6.45, 7) is 3.31. The van der Waals surface area contributed by atoms with E-state index in [9.17, 15) is 28.4 Å². The average Bonchev–Trinajstić information content (AvgIpc) is 3.27. The Bertz CT molecular complexity index is 1250. The molecule has 0 radical (unpaired) electrons. The molecule has 2 heterocycles. The number of hydrogen-bond acceptors (Lipinski definition) is 7. The van der Waals surface area contributed by atoms with Gasteiger partial charge >= 0.3 is 6.09 Å². The molecule has 2 saturated heterocycles. The molecule has 0 aromatic heterocycles. The van der Waals surface area contributed by atoms with Gasteiger partial charge in [0.25, 0.3) is 10.1 Å². The molecule has 11 heteroatoms. The number of piperazine rings is 1. The van der Waals surface area contributed by atoms with Crippen LogP contribution in [0.15, 0.2) is 53.4 Å². The van der Waals surface area contributed by atoms with Crippen molar-refractivity contribution in [1.29, 1.82) is 5.26 Å². The van der Waals surface area contributed by atoms with Gasteiger partial charge in [-0.15, -0.1) is 0 Å². The number of nitriles is 1. The van der Waals surface area contributed by atoms with Crippen molar-refractivity contribution < 1.29 is 27.3 Å². The molecule has 2 atom stereocenters. The highest BCUT2D eigenvalue weighted by atomic mass is 32.2. The van der Waals surface area contributed by atoms with Crippen molar-refractivity contribution in [3.63, 3.8) is 0 Å². The fourth-order valence-electron chi connectivity index (χ4n) is 4.47. The van der Waals surface area contributed by atoms with Gasteiger partial charge in [0, 0.05) is 32.6 Å². The number of likely N-dealkylation sites (tertiary alicyclic amines) is 1. The number of carbonyl (C=O) groups excluding carboxylic acids is 1. The molecular formula is C24H26N4O6S. The summed E-state index contributed by atoms with van der Waals surface area (Å²) in [6.07, 6.45) is -2.31. The number of anilines is 1. The summed E-state index contributed by atoms with van der Waals surface area (Å²) in [7, 11) is -4.11. The minimum absolute atomic E-state index is 0.0199. The molecule has 0 saturated carbocycles. The maximum absolute atomic E-state index is 13.2. The van der Waals surface area contributed by atoms with Crippen LogP contribution in [0.3, 0.4) is 0 Å². The van der Waals surface area contributed by atoms with E-state index in [0.29, 0.717) is 31.7 Å². The second kappa shape index (κ2) is 9.93. The van der Waals surface area contributed by atoms with E-state index in [2.05, 4.69) is 6.07 Å². The van der Waals surface area contributed by atoms with E-state index >= 15 is 0 Å². The second-order valence-electron chi connectivity index (χ2n) is 8.61. The summed E-state index contributed by atoms with van der Waals surface area (Å²) in [5.41, 5.74) is 2.24. The standard InChI is InChI=1S/C24H26N4O6S/c1-17-6-8-20(9-7-17)35(32,33)34-19-14-22(28(16-19)24(30)31)23(29)27-12-10-26(11-13-27)21-5-3-2-4-18(21)15-25/h2-9,19,22H,10-14,16H2,1H3,(H,30,31). The molecule has 2 aromatic rings. The number of para-hydroxylation sites is 1. The van der Waals surface area contributed by atoms with Gasteiger partial charge in [-0.05, 0) is 31.2 Å². The highest BCUT2D eigenvalue weighted by Crippen LogP contribution is 2.27. The summed E-state index contributed by atoms with van der Waals surface area (Å²) in [5.74, 6) is -0.376. The molecule has 2 amide bonds. The van der Waals surface area contributed by atoms with Gasteiger partial charge in [-0.3, -0.25) is 13.9 Å². The Labute approximate surface area is 204 Å². The number of hydrogen-bond donors (Lipinski definition) is 1. The van der Waals surface area contributed by atoms with E-state index < -0.39 is 28.4 Å². The number of nitrogens with zero attached hydrogens (tertiary/aromatic N) is 4. The molecule has 0 spiro atoms. The first-order chi connectivity index (χ1) is 16.7. The topological polar surface area (TPSA) is 131 Å². The Morgan fingerprint density at radius 2 is 1.71 bits per heavy atom. The van der Waals surface area contributed by atoms with Crippen molar-refractivity contribution in [2.45, 2.75) is 30.4 Å². The van der Waals surface area contributed by atoms with Crippen LogP contribution < -0.4 is 4.90 Å². The Morgan fingerprint density at radius 1 is 1.06 bits per heavy atom. The van der Waals surface area contributed by atoms with E-state index in [4.69, 9.17) is 4.18 Å². The Hall–Kier alpha value is -3.62. The van der Waals surface area contributed by atoms with E-state index in [1.54, 1.807) is 29.2 Å². The van der Waals surface area contributed by atoms with Crippen molar-refractivity contribution >= 4 is 27.8 Å². The molecule has 35 heavy (non-hydrogen) atoms. The molecular weight excluding hydrogens is 472 g/mol. The van der Waals surface area contributed by atoms with Crippen LogP contribution in [0.1, 0.15) is 17.5 Å². The van der Waals surface area contributed by atoms with Gasteiger partial charge in [0.05, 0.1) is 28.8 Å². The van der Waals surface area contributed by atoms with Crippen LogP contribution in [0.5, 0.6) is 0 Å². The Morgan fingerprint density at radius 3 is 2.34 bits per heavy atom. The van der Waals surface area contributed by atoms with Crippen LogP contribution in [0, 0.1) is 18.3 Å². The molecule has 2 unspecified atom stereocenters. The number of aryl methyl sites for hydroxylation is 1. The Kier molecular flexibility index (Phi) is 6.95. The summed E-state index contributed by atoms with van der Waals surface area (Å²) in [5, 5.41) is 19.0. The third-order valence-corrected chi connectivity index (χ3v) is 7.70. The Balaban J connectivity index is 1.42. The van der Waals surface area contributed by atoms with Crippen LogP contribution in [0.25, 0.3) is 0 Å². The lowest BCUT2D eigenvalue weighted by atomic mass is 10.1. The minimum atomic E-state index is -4.11. The van der Waals surface area contributed by atoms with Crippen LogP contribution in [0.2, 0.25) is 0 Å². The van der Waals surface area contributed by atoms with E-state index in [1.165, 1.54) is 12.1 Å². The maximum atomic E-state index is 13.2. The molecule has 2 aromatic carbocycles. The zero-order valence-electron chi connectivity index (χ0n) is 19.2. The van der Waals surface area contributed by atoms with Gasteiger partial charge in [-0.1, -0.05) is 29.8 Å². The summed E-state index contributed by atoms with van der Waals surface area (Å²) in [6, 6.07) is 14.5. The zero-order valence-corrected chi connectivity index (χ0v) is 20.0.